The molecule has 0 N–H and O–H groups in total. The van der Waals surface area contributed by atoms with Crippen LogP contribution in [0.2, 0.25) is 0 Å². The van der Waals surface area contributed by atoms with Gasteiger partial charge in [0.05, 0.1) is 11.5 Å². The monoisotopic (exact) mass is 377 g/mol. The maximum atomic E-state index is 13.7. The maximum Gasteiger partial charge on any atom is 0.358 e. The number of halogens is 1. The number of hydrogen-bond donors (Lipinski definition) is 0. The highest BCUT2D eigenvalue weighted by atomic mass is 32.1. The number of thiophene rings is 1. The Labute approximate surface area is 150 Å². The third-order valence-electron chi connectivity index (χ3n) is 3.56. The second-order valence-electron chi connectivity index (χ2n) is 5.26. The first-order chi connectivity index (χ1) is 12.2. The highest BCUT2D eigenvalue weighted by Crippen LogP contribution is 2.31. The van der Waals surface area contributed by atoms with Crippen LogP contribution in [0, 0.1) is 5.82 Å². The predicted octanol–water partition coefficient (Wildman–Crippen LogP) is 4.23. The second kappa shape index (κ2) is 6.91. The summed E-state index contributed by atoms with van der Waals surface area (Å²) in [6.07, 6.45) is 0. The highest BCUT2D eigenvalue weighted by molar-refractivity contribution is 7.20. The molecule has 8 heteroatoms. The van der Waals surface area contributed by atoms with Crippen LogP contribution in [0.1, 0.15) is 21.6 Å². The molecule has 128 valence electrons. The summed E-state index contributed by atoms with van der Waals surface area (Å²) in [6, 6.07) is 6.52. The first-order valence-electron chi connectivity index (χ1n) is 7.39. The zero-order valence-corrected chi connectivity index (χ0v) is 14.5. The van der Waals surface area contributed by atoms with Crippen molar-refractivity contribution in [3.63, 3.8) is 0 Å². The zero-order chi connectivity index (χ0) is 17.2. The number of benzene rings is 1. The number of rotatable bonds is 4. The lowest BCUT2D eigenvalue weighted by molar-refractivity contribution is -0.0183. The fourth-order valence-electron chi connectivity index (χ4n) is 2.46. The SMILES string of the molecule is O=C(OCc1cc(F)cc2c1OCOC2)c1csc(-c2cccs2)n1. The molecule has 0 unspecified atom stereocenters. The van der Waals surface area contributed by atoms with Crippen molar-refractivity contribution < 1.29 is 23.4 Å². The molecule has 3 aromatic rings. The maximum absolute atomic E-state index is 13.7. The van der Waals surface area contributed by atoms with Crippen molar-refractivity contribution in [3.8, 4) is 15.6 Å². The number of aromatic nitrogens is 1. The quantitative estimate of drug-likeness (QED) is 0.637. The molecular formula is C17H12FNO4S2. The number of esters is 1. The van der Waals surface area contributed by atoms with Gasteiger partial charge in [0.2, 0.25) is 0 Å². The summed E-state index contributed by atoms with van der Waals surface area (Å²) < 4.78 is 29.5. The van der Waals surface area contributed by atoms with Crippen molar-refractivity contribution in [1.82, 2.24) is 4.98 Å². The molecule has 2 aromatic heterocycles. The van der Waals surface area contributed by atoms with E-state index in [-0.39, 0.29) is 25.7 Å². The van der Waals surface area contributed by atoms with Gasteiger partial charge < -0.3 is 14.2 Å². The van der Waals surface area contributed by atoms with Crippen molar-refractivity contribution >= 4 is 28.6 Å². The summed E-state index contributed by atoms with van der Waals surface area (Å²) in [5.41, 5.74) is 1.31. The third-order valence-corrected chi connectivity index (χ3v) is 5.44. The van der Waals surface area contributed by atoms with Crippen LogP contribution in [0.5, 0.6) is 5.75 Å². The van der Waals surface area contributed by atoms with Crippen LogP contribution >= 0.6 is 22.7 Å². The molecule has 0 fully saturated rings. The molecule has 0 amide bonds. The van der Waals surface area contributed by atoms with E-state index in [0.717, 1.165) is 9.88 Å². The minimum Gasteiger partial charge on any atom is -0.467 e. The average Bonchev–Trinajstić information content (AvgIpc) is 3.30. The molecule has 4 rings (SSSR count). The Balaban J connectivity index is 1.48. The van der Waals surface area contributed by atoms with E-state index < -0.39 is 11.8 Å². The van der Waals surface area contributed by atoms with Gasteiger partial charge >= 0.3 is 5.97 Å². The average molecular weight is 377 g/mol. The summed E-state index contributed by atoms with van der Waals surface area (Å²) in [4.78, 5) is 17.5. The van der Waals surface area contributed by atoms with Crippen molar-refractivity contribution in [2.24, 2.45) is 0 Å². The molecule has 0 aliphatic carbocycles. The van der Waals surface area contributed by atoms with E-state index in [4.69, 9.17) is 14.2 Å². The predicted molar refractivity (Wildman–Crippen MR) is 91.2 cm³/mol. The summed E-state index contributed by atoms with van der Waals surface area (Å²) in [5.74, 6) is -0.463. The molecule has 5 nitrogen and oxygen atoms in total. The molecule has 1 aliphatic heterocycles. The number of fused-ring (bicyclic) bond motifs is 1. The van der Waals surface area contributed by atoms with Crippen LogP contribution in [0.15, 0.2) is 35.0 Å². The van der Waals surface area contributed by atoms with Gasteiger partial charge in [0, 0.05) is 16.5 Å². The van der Waals surface area contributed by atoms with Gasteiger partial charge in [0.1, 0.15) is 23.2 Å². The zero-order valence-electron chi connectivity index (χ0n) is 12.9. The molecule has 0 saturated carbocycles. The molecule has 0 bridgehead atoms. The lowest BCUT2D eigenvalue weighted by Crippen LogP contribution is -2.15. The Hall–Kier alpha value is -2.29. The van der Waals surface area contributed by atoms with E-state index in [9.17, 15) is 9.18 Å². The van der Waals surface area contributed by atoms with Crippen LogP contribution in [0.25, 0.3) is 9.88 Å². The van der Waals surface area contributed by atoms with Gasteiger partial charge in [-0.15, -0.1) is 22.7 Å². The number of ether oxygens (including phenoxy) is 3. The molecule has 0 atom stereocenters. The molecule has 0 spiro atoms. The Morgan fingerprint density at radius 3 is 3.12 bits per heavy atom. The third kappa shape index (κ3) is 3.41. The van der Waals surface area contributed by atoms with Crippen molar-refractivity contribution in [2.45, 2.75) is 13.2 Å². The summed E-state index contributed by atoms with van der Waals surface area (Å²) in [5, 5.41) is 4.37. The minimum atomic E-state index is -0.552. The topological polar surface area (TPSA) is 57.7 Å². The van der Waals surface area contributed by atoms with Crippen LogP contribution in [0.3, 0.4) is 0 Å². The standard InChI is InChI=1S/C17H12FNO4S2/c18-12-4-10-6-21-9-23-15(10)11(5-12)7-22-17(20)13-8-25-16(19-13)14-2-1-3-24-14/h1-5,8H,6-7,9H2. The Morgan fingerprint density at radius 2 is 2.28 bits per heavy atom. The molecular weight excluding hydrogens is 365 g/mol. The van der Waals surface area contributed by atoms with E-state index in [0.29, 0.717) is 16.9 Å². The van der Waals surface area contributed by atoms with E-state index in [1.165, 1.54) is 23.5 Å². The number of carbonyl (C=O) groups excluding carboxylic acids is 1. The highest BCUT2D eigenvalue weighted by Gasteiger charge is 2.19. The molecule has 1 aromatic carbocycles. The van der Waals surface area contributed by atoms with Crippen molar-refractivity contribution in [2.75, 3.05) is 6.79 Å². The smallest absolute Gasteiger partial charge is 0.358 e. The van der Waals surface area contributed by atoms with Gasteiger partial charge in [-0.2, -0.15) is 0 Å². The fraction of sp³-hybridized carbons (Fsp3) is 0.176. The largest absolute Gasteiger partial charge is 0.467 e. The van der Waals surface area contributed by atoms with E-state index in [2.05, 4.69) is 4.98 Å². The van der Waals surface area contributed by atoms with Gasteiger partial charge in [-0.1, -0.05) is 6.07 Å². The number of carbonyl (C=O) groups is 1. The number of hydrogen-bond acceptors (Lipinski definition) is 7. The first-order valence-corrected chi connectivity index (χ1v) is 9.15. The van der Waals surface area contributed by atoms with E-state index >= 15 is 0 Å². The summed E-state index contributed by atoms with van der Waals surface area (Å²) >= 11 is 2.93. The first kappa shape index (κ1) is 16.2. The molecule has 3 heterocycles. The van der Waals surface area contributed by atoms with Gasteiger partial charge in [0.25, 0.3) is 0 Å². The fourth-order valence-corrected chi connectivity index (χ4v) is 4.07. The van der Waals surface area contributed by atoms with E-state index in [1.54, 1.807) is 16.7 Å². The Bertz CT molecular complexity index is 908. The van der Waals surface area contributed by atoms with Crippen LogP contribution in [0.4, 0.5) is 4.39 Å². The summed E-state index contributed by atoms with van der Waals surface area (Å²) in [7, 11) is 0. The molecule has 0 saturated heterocycles. The van der Waals surface area contributed by atoms with Crippen LogP contribution in [-0.2, 0) is 22.7 Å². The lowest BCUT2D eigenvalue weighted by atomic mass is 10.1. The Kier molecular flexibility index (Phi) is 4.48. The molecule has 0 radical (unpaired) electrons. The Morgan fingerprint density at radius 1 is 1.36 bits per heavy atom. The van der Waals surface area contributed by atoms with Gasteiger partial charge in [-0.25, -0.2) is 14.2 Å². The minimum absolute atomic E-state index is 0.0925. The summed E-state index contributed by atoms with van der Waals surface area (Å²) in [6.45, 7) is 0.269. The number of thiazole rings is 1. The van der Waals surface area contributed by atoms with Crippen molar-refractivity contribution in [1.29, 1.82) is 0 Å². The molecule has 1 aliphatic rings. The van der Waals surface area contributed by atoms with E-state index in [1.807, 2.05) is 17.5 Å². The van der Waals surface area contributed by atoms with Gasteiger partial charge in [-0.3, -0.25) is 0 Å². The number of nitrogens with zero attached hydrogens (tertiary/aromatic N) is 1. The van der Waals surface area contributed by atoms with Gasteiger partial charge in [-0.05, 0) is 23.6 Å². The van der Waals surface area contributed by atoms with Crippen LogP contribution < -0.4 is 4.74 Å². The second-order valence-corrected chi connectivity index (χ2v) is 7.06. The lowest BCUT2D eigenvalue weighted by Gasteiger charge is -2.20. The van der Waals surface area contributed by atoms with Gasteiger partial charge in [0.15, 0.2) is 12.5 Å². The normalized spacial score (nSPS) is 13.2. The van der Waals surface area contributed by atoms with Crippen molar-refractivity contribution in [3.05, 3.63) is 57.7 Å². The van der Waals surface area contributed by atoms with Crippen LogP contribution in [-0.4, -0.2) is 17.7 Å². The molecule has 25 heavy (non-hydrogen) atoms.